The molecule has 1 aromatic carbocycles. The molecule has 0 aliphatic heterocycles. The van der Waals surface area contributed by atoms with Gasteiger partial charge in [-0.1, -0.05) is 29.3 Å². The summed E-state index contributed by atoms with van der Waals surface area (Å²) in [5.74, 6) is -0.145. The van der Waals surface area contributed by atoms with Gasteiger partial charge >= 0.3 is 0 Å². The largest absolute Gasteiger partial charge is 0.396 e. The van der Waals surface area contributed by atoms with Crippen LogP contribution < -0.4 is 5.32 Å². The Labute approximate surface area is 122 Å². The molecular formula is C13H17Cl2NO3. The lowest BCUT2D eigenvalue weighted by Gasteiger charge is -2.16. The SMILES string of the molecule is COCC(CCO)NC(=O)Cc1ccc(Cl)c(Cl)c1. The summed E-state index contributed by atoms with van der Waals surface area (Å²) in [5.41, 5.74) is 0.784. The molecule has 0 spiro atoms. The molecule has 0 fully saturated rings. The van der Waals surface area contributed by atoms with Gasteiger partial charge in [-0.05, 0) is 24.1 Å². The summed E-state index contributed by atoms with van der Waals surface area (Å²) in [6.45, 7) is 0.370. The van der Waals surface area contributed by atoms with Crippen molar-refractivity contribution in [1.29, 1.82) is 0 Å². The van der Waals surface area contributed by atoms with Crippen molar-refractivity contribution in [3.05, 3.63) is 33.8 Å². The molecule has 2 N–H and O–H groups in total. The van der Waals surface area contributed by atoms with E-state index in [9.17, 15) is 4.79 Å². The number of methoxy groups -OCH3 is 1. The van der Waals surface area contributed by atoms with E-state index >= 15 is 0 Å². The third kappa shape index (κ3) is 5.78. The quantitative estimate of drug-likeness (QED) is 0.810. The Bertz CT molecular complexity index is 420. The number of ether oxygens (including phenoxy) is 1. The second-order valence-corrected chi connectivity index (χ2v) is 4.97. The number of hydrogen-bond donors (Lipinski definition) is 2. The first kappa shape index (κ1) is 16.2. The van der Waals surface area contributed by atoms with Crippen molar-refractivity contribution < 1.29 is 14.6 Å². The molecule has 1 aromatic rings. The molecule has 0 aliphatic rings. The Kier molecular flexibility index (Phi) is 7.16. The minimum atomic E-state index is -0.190. The van der Waals surface area contributed by atoms with Crippen molar-refractivity contribution in [2.75, 3.05) is 20.3 Å². The van der Waals surface area contributed by atoms with Gasteiger partial charge in [0.2, 0.25) is 5.91 Å². The fourth-order valence-corrected chi connectivity index (χ4v) is 1.99. The Morgan fingerprint density at radius 1 is 1.42 bits per heavy atom. The molecular weight excluding hydrogens is 289 g/mol. The van der Waals surface area contributed by atoms with Crippen LogP contribution in [0.5, 0.6) is 0 Å². The first-order chi connectivity index (χ1) is 9.06. The van der Waals surface area contributed by atoms with Crippen LogP contribution in [0.2, 0.25) is 10.0 Å². The van der Waals surface area contributed by atoms with E-state index in [4.69, 9.17) is 33.0 Å². The van der Waals surface area contributed by atoms with Gasteiger partial charge in [-0.25, -0.2) is 0 Å². The fourth-order valence-electron chi connectivity index (χ4n) is 1.67. The minimum absolute atomic E-state index is 0.00107. The first-order valence-corrected chi connectivity index (χ1v) is 6.65. The average molecular weight is 306 g/mol. The summed E-state index contributed by atoms with van der Waals surface area (Å²) in [6.07, 6.45) is 0.670. The highest BCUT2D eigenvalue weighted by atomic mass is 35.5. The van der Waals surface area contributed by atoms with Crippen LogP contribution in [0.3, 0.4) is 0 Å². The van der Waals surface area contributed by atoms with Gasteiger partial charge in [-0.2, -0.15) is 0 Å². The van der Waals surface area contributed by atoms with Gasteiger partial charge in [-0.3, -0.25) is 4.79 Å². The molecule has 0 radical (unpaired) electrons. The predicted molar refractivity (Wildman–Crippen MR) is 75.7 cm³/mol. The number of benzene rings is 1. The summed E-state index contributed by atoms with van der Waals surface area (Å²) < 4.78 is 4.98. The number of halogens is 2. The predicted octanol–water partition coefficient (Wildman–Crippen LogP) is 2.05. The summed E-state index contributed by atoms with van der Waals surface area (Å²) >= 11 is 11.7. The molecule has 0 aromatic heterocycles. The molecule has 0 heterocycles. The summed E-state index contributed by atoms with van der Waals surface area (Å²) in [5, 5.41) is 12.6. The van der Waals surface area contributed by atoms with Crippen molar-refractivity contribution in [3.63, 3.8) is 0 Å². The summed E-state index contributed by atoms with van der Waals surface area (Å²) in [7, 11) is 1.55. The van der Waals surface area contributed by atoms with Crippen LogP contribution >= 0.6 is 23.2 Å². The molecule has 6 heteroatoms. The highest BCUT2D eigenvalue weighted by Gasteiger charge is 2.12. The van der Waals surface area contributed by atoms with Crippen molar-refractivity contribution in [2.45, 2.75) is 18.9 Å². The lowest BCUT2D eigenvalue weighted by Crippen LogP contribution is -2.39. The molecule has 1 unspecified atom stereocenters. The number of aliphatic hydroxyl groups excluding tert-OH is 1. The second kappa shape index (κ2) is 8.38. The van der Waals surface area contributed by atoms with Crippen molar-refractivity contribution in [3.8, 4) is 0 Å². The highest BCUT2D eigenvalue weighted by molar-refractivity contribution is 6.42. The standard InChI is InChI=1S/C13H17Cl2NO3/c1-19-8-10(4-5-17)16-13(18)7-9-2-3-11(14)12(15)6-9/h2-3,6,10,17H,4-5,7-8H2,1H3,(H,16,18). The number of hydrogen-bond acceptors (Lipinski definition) is 3. The highest BCUT2D eigenvalue weighted by Crippen LogP contribution is 2.22. The zero-order valence-corrected chi connectivity index (χ0v) is 12.2. The molecule has 4 nitrogen and oxygen atoms in total. The molecule has 0 bridgehead atoms. The van der Waals surface area contributed by atoms with Crippen LogP contribution in [0.1, 0.15) is 12.0 Å². The lowest BCUT2D eigenvalue weighted by atomic mass is 10.1. The number of amides is 1. The van der Waals surface area contributed by atoms with Crippen LogP contribution in [0.25, 0.3) is 0 Å². The van der Waals surface area contributed by atoms with E-state index < -0.39 is 0 Å². The Balaban J connectivity index is 2.55. The van der Waals surface area contributed by atoms with E-state index in [1.807, 2.05) is 0 Å². The number of carbonyl (C=O) groups excluding carboxylic acids is 1. The molecule has 0 saturated heterocycles. The topological polar surface area (TPSA) is 58.6 Å². The van der Waals surface area contributed by atoms with Gasteiger partial charge in [0.25, 0.3) is 0 Å². The maximum Gasteiger partial charge on any atom is 0.224 e. The third-order valence-electron chi connectivity index (χ3n) is 2.56. The maximum absolute atomic E-state index is 11.8. The van der Waals surface area contributed by atoms with Gasteiger partial charge in [0.15, 0.2) is 0 Å². The second-order valence-electron chi connectivity index (χ2n) is 4.16. The normalized spacial score (nSPS) is 12.2. The van der Waals surface area contributed by atoms with E-state index in [1.165, 1.54) is 0 Å². The van der Waals surface area contributed by atoms with Gasteiger partial charge in [-0.15, -0.1) is 0 Å². The zero-order valence-electron chi connectivity index (χ0n) is 10.7. The van der Waals surface area contributed by atoms with E-state index in [-0.39, 0.29) is 25.0 Å². The molecule has 1 rings (SSSR count). The number of carbonyl (C=O) groups is 1. The lowest BCUT2D eigenvalue weighted by molar-refractivity contribution is -0.121. The molecule has 106 valence electrons. The number of aliphatic hydroxyl groups is 1. The van der Waals surface area contributed by atoms with E-state index in [2.05, 4.69) is 5.32 Å². The van der Waals surface area contributed by atoms with Gasteiger partial charge < -0.3 is 15.2 Å². The number of nitrogens with one attached hydrogen (secondary N) is 1. The van der Waals surface area contributed by atoms with E-state index in [0.717, 1.165) is 5.56 Å². The van der Waals surface area contributed by atoms with Gasteiger partial charge in [0, 0.05) is 13.7 Å². The van der Waals surface area contributed by atoms with Crippen molar-refractivity contribution >= 4 is 29.1 Å². The number of rotatable bonds is 7. The van der Waals surface area contributed by atoms with Crippen LogP contribution in [0, 0.1) is 0 Å². The van der Waals surface area contributed by atoms with Crippen LogP contribution in [0.4, 0.5) is 0 Å². The smallest absolute Gasteiger partial charge is 0.224 e. The van der Waals surface area contributed by atoms with Crippen molar-refractivity contribution in [2.24, 2.45) is 0 Å². The Hall–Kier alpha value is -0.810. The van der Waals surface area contributed by atoms with E-state index in [1.54, 1.807) is 25.3 Å². The van der Waals surface area contributed by atoms with Gasteiger partial charge in [0.05, 0.1) is 29.1 Å². The molecule has 1 atom stereocenters. The summed E-state index contributed by atoms with van der Waals surface area (Å²) in [4.78, 5) is 11.8. The van der Waals surface area contributed by atoms with Crippen LogP contribution in [-0.4, -0.2) is 37.4 Å². The molecule has 0 aliphatic carbocycles. The molecule has 0 saturated carbocycles. The van der Waals surface area contributed by atoms with Crippen LogP contribution in [0.15, 0.2) is 18.2 Å². The third-order valence-corrected chi connectivity index (χ3v) is 3.30. The maximum atomic E-state index is 11.8. The fraction of sp³-hybridized carbons (Fsp3) is 0.462. The average Bonchev–Trinajstić information content (AvgIpc) is 2.34. The molecule has 1 amide bonds. The molecule has 19 heavy (non-hydrogen) atoms. The monoisotopic (exact) mass is 305 g/mol. The minimum Gasteiger partial charge on any atom is -0.396 e. The zero-order chi connectivity index (χ0) is 14.3. The van der Waals surface area contributed by atoms with E-state index in [0.29, 0.717) is 23.1 Å². The van der Waals surface area contributed by atoms with Crippen LogP contribution in [-0.2, 0) is 16.0 Å². The Morgan fingerprint density at radius 2 is 2.16 bits per heavy atom. The van der Waals surface area contributed by atoms with Gasteiger partial charge in [0.1, 0.15) is 0 Å². The summed E-state index contributed by atoms with van der Waals surface area (Å²) in [6, 6.07) is 4.89. The van der Waals surface area contributed by atoms with Crippen molar-refractivity contribution in [1.82, 2.24) is 5.32 Å². The first-order valence-electron chi connectivity index (χ1n) is 5.90. The Morgan fingerprint density at radius 3 is 2.74 bits per heavy atom.